The third-order valence-corrected chi connectivity index (χ3v) is 8.98. The first kappa shape index (κ1) is 22.1. The summed E-state index contributed by atoms with van der Waals surface area (Å²) in [6.45, 7) is 2.15. The maximum absolute atomic E-state index is 12.3. The number of benzene rings is 2. The van der Waals surface area contributed by atoms with Crippen LogP contribution in [0.1, 0.15) is 49.4 Å². The Morgan fingerprint density at radius 2 is 1.82 bits per heavy atom. The molecule has 0 aliphatic heterocycles. The second-order valence-electron chi connectivity index (χ2n) is 9.50. The van der Waals surface area contributed by atoms with Gasteiger partial charge in [-0.1, -0.05) is 48.9 Å². The van der Waals surface area contributed by atoms with Gasteiger partial charge in [-0.15, -0.1) is 0 Å². The largest absolute Gasteiger partial charge is 0.389 e. The molecule has 1 aromatic heterocycles. The van der Waals surface area contributed by atoms with Crippen LogP contribution in [0.25, 0.3) is 11.8 Å². The highest BCUT2D eigenvalue weighted by Gasteiger charge is 2.56. The zero-order valence-electron chi connectivity index (χ0n) is 19.2. The Morgan fingerprint density at radius 3 is 2.55 bits per heavy atom. The van der Waals surface area contributed by atoms with E-state index in [1.165, 1.54) is 11.8 Å². The van der Waals surface area contributed by atoms with Gasteiger partial charge in [0.05, 0.1) is 28.1 Å². The molecule has 2 aliphatic carbocycles. The molecule has 0 radical (unpaired) electrons. The number of hydrogen-bond acceptors (Lipinski definition) is 4. The molecule has 0 saturated heterocycles. The maximum atomic E-state index is 12.3. The van der Waals surface area contributed by atoms with Crippen LogP contribution in [0.2, 0.25) is 0 Å². The predicted molar refractivity (Wildman–Crippen MR) is 130 cm³/mol. The monoisotopic (exact) mass is 462 g/mol. The molecule has 1 N–H and O–H groups in total. The van der Waals surface area contributed by atoms with E-state index in [0.717, 1.165) is 41.8 Å². The Labute approximate surface area is 195 Å². The quantitative estimate of drug-likeness (QED) is 0.573. The molecule has 5 nitrogen and oxygen atoms in total. The van der Waals surface area contributed by atoms with Crippen molar-refractivity contribution >= 4 is 15.9 Å². The van der Waals surface area contributed by atoms with Crippen LogP contribution in [-0.4, -0.2) is 35.2 Å². The number of fused-ring (bicyclic) bond motifs is 2. The molecule has 0 spiro atoms. The fraction of sp³-hybridized carbons (Fsp3) is 0.370. The van der Waals surface area contributed by atoms with Crippen LogP contribution in [0.3, 0.4) is 0 Å². The minimum atomic E-state index is -3.31. The van der Waals surface area contributed by atoms with Crippen molar-refractivity contribution in [3.63, 3.8) is 0 Å². The highest BCUT2D eigenvalue weighted by molar-refractivity contribution is 7.90. The molecule has 172 valence electrons. The summed E-state index contributed by atoms with van der Waals surface area (Å²) in [6, 6.07) is 17.3. The lowest BCUT2D eigenvalue weighted by molar-refractivity contribution is -0.0569. The van der Waals surface area contributed by atoms with Crippen molar-refractivity contribution in [3.05, 3.63) is 83.2 Å². The minimum Gasteiger partial charge on any atom is -0.389 e. The van der Waals surface area contributed by atoms with Crippen LogP contribution >= 0.6 is 0 Å². The maximum Gasteiger partial charge on any atom is 0.175 e. The Morgan fingerprint density at radius 1 is 1.09 bits per heavy atom. The van der Waals surface area contributed by atoms with Crippen LogP contribution < -0.4 is 0 Å². The normalized spacial score (nSPS) is 24.3. The number of nitrogens with zero attached hydrogens (tertiary/aromatic N) is 2. The average Bonchev–Trinajstić information content (AvgIpc) is 3.35. The second-order valence-corrected chi connectivity index (χ2v) is 11.5. The van der Waals surface area contributed by atoms with Crippen molar-refractivity contribution in [2.75, 3.05) is 6.26 Å². The summed E-state index contributed by atoms with van der Waals surface area (Å²) in [4.78, 5) is 0.364. The summed E-state index contributed by atoms with van der Waals surface area (Å²) in [5.41, 5.74) is 4.13. The van der Waals surface area contributed by atoms with Crippen LogP contribution in [-0.2, 0) is 22.7 Å². The fourth-order valence-corrected chi connectivity index (χ4v) is 6.99. The lowest BCUT2D eigenvalue weighted by Crippen LogP contribution is -2.47. The summed E-state index contributed by atoms with van der Waals surface area (Å²) in [6.07, 6.45) is 9.61. The van der Waals surface area contributed by atoms with Crippen molar-refractivity contribution in [2.45, 2.75) is 55.9 Å². The molecule has 1 heterocycles. The summed E-state index contributed by atoms with van der Waals surface area (Å²) in [5.74, 6) is 0. The van der Waals surface area contributed by atoms with Gasteiger partial charge in [0.25, 0.3) is 0 Å². The van der Waals surface area contributed by atoms with Crippen molar-refractivity contribution < 1.29 is 13.5 Å². The standard InChI is InChI=1S/C27H30N2O3S/c1-3-26-18-21-19-28-29(23-10-5-4-6-11-23)24(21)17-22(26)14-16-27(26,30)15-13-20-9-7-8-12-25(20)33(2,31)32/h4-12,17,19,30H,3,13-16,18H2,1-2H3/t26-,27-/m0/s1. The lowest BCUT2D eigenvalue weighted by atomic mass is 9.63. The van der Waals surface area contributed by atoms with Crippen molar-refractivity contribution in [3.8, 4) is 5.69 Å². The summed E-state index contributed by atoms with van der Waals surface area (Å²) in [7, 11) is -3.31. The van der Waals surface area contributed by atoms with Gasteiger partial charge in [-0.3, -0.25) is 0 Å². The van der Waals surface area contributed by atoms with Crippen LogP contribution in [0, 0.1) is 5.41 Å². The van der Waals surface area contributed by atoms with Gasteiger partial charge in [-0.2, -0.15) is 5.10 Å². The molecule has 0 bridgehead atoms. The van der Waals surface area contributed by atoms with Gasteiger partial charge in [0.1, 0.15) is 0 Å². The second kappa shape index (κ2) is 7.96. The van der Waals surface area contributed by atoms with E-state index in [9.17, 15) is 13.5 Å². The van der Waals surface area contributed by atoms with E-state index < -0.39 is 15.4 Å². The van der Waals surface area contributed by atoms with Crippen molar-refractivity contribution in [1.82, 2.24) is 9.78 Å². The van der Waals surface area contributed by atoms with Crippen molar-refractivity contribution in [1.29, 1.82) is 0 Å². The van der Waals surface area contributed by atoms with Gasteiger partial charge >= 0.3 is 0 Å². The van der Waals surface area contributed by atoms with E-state index in [2.05, 4.69) is 30.2 Å². The Hall–Kier alpha value is -2.70. The number of para-hydroxylation sites is 1. The van der Waals surface area contributed by atoms with Gasteiger partial charge in [0.2, 0.25) is 0 Å². The van der Waals surface area contributed by atoms with E-state index in [-0.39, 0.29) is 5.41 Å². The Bertz CT molecular complexity index is 1330. The van der Waals surface area contributed by atoms with E-state index in [1.807, 2.05) is 41.2 Å². The molecule has 5 rings (SSSR count). The van der Waals surface area contributed by atoms with Gasteiger partial charge < -0.3 is 5.11 Å². The Kier molecular flexibility index (Phi) is 5.33. The zero-order valence-corrected chi connectivity index (χ0v) is 20.0. The highest BCUT2D eigenvalue weighted by Crippen LogP contribution is 2.59. The van der Waals surface area contributed by atoms with E-state index in [1.54, 1.807) is 12.1 Å². The van der Waals surface area contributed by atoms with Gasteiger partial charge in [0.15, 0.2) is 9.84 Å². The number of rotatable bonds is 6. The molecule has 2 aromatic carbocycles. The predicted octanol–water partition coefficient (Wildman–Crippen LogP) is 4.77. The molecule has 0 amide bonds. The SMILES string of the molecule is CC[C@]12Cc3cnn(-c4ccccc4)c3C=C1CC[C@@]2(O)CCc1ccccc1S(C)(=O)=O. The first-order chi connectivity index (χ1) is 15.8. The first-order valence-electron chi connectivity index (χ1n) is 11.6. The summed E-state index contributed by atoms with van der Waals surface area (Å²) >= 11 is 0. The van der Waals surface area contributed by atoms with E-state index in [0.29, 0.717) is 24.2 Å². The molecule has 1 saturated carbocycles. The fourth-order valence-electron chi connectivity index (χ4n) is 6.01. The molecular formula is C27H30N2O3S. The minimum absolute atomic E-state index is 0.343. The molecule has 3 aromatic rings. The summed E-state index contributed by atoms with van der Waals surface area (Å²) < 4.78 is 26.5. The number of hydrogen-bond donors (Lipinski definition) is 1. The molecule has 2 aliphatic rings. The molecule has 6 heteroatoms. The molecule has 33 heavy (non-hydrogen) atoms. The van der Waals surface area contributed by atoms with Crippen LogP contribution in [0.4, 0.5) is 0 Å². The van der Waals surface area contributed by atoms with Crippen LogP contribution in [0.15, 0.2) is 71.3 Å². The molecule has 0 unspecified atom stereocenters. The van der Waals surface area contributed by atoms with Crippen LogP contribution in [0.5, 0.6) is 0 Å². The van der Waals surface area contributed by atoms with Gasteiger partial charge in [0, 0.05) is 11.7 Å². The molecular weight excluding hydrogens is 432 g/mol. The number of sulfone groups is 1. The smallest absolute Gasteiger partial charge is 0.175 e. The van der Waals surface area contributed by atoms with Gasteiger partial charge in [-0.05, 0) is 73.9 Å². The zero-order chi connectivity index (χ0) is 23.3. The summed E-state index contributed by atoms with van der Waals surface area (Å²) in [5, 5.41) is 16.7. The topological polar surface area (TPSA) is 72.2 Å². The van der Waals surface area contributed by atoms with E-state index in [4.69, 9.17) is 0 Å². The third kappa shape index (κ3) is 3.56. The van der Waals surface area contributed by atoms with Crippen molar-refractivity contribution in [2.24, 2.45) is 5.41 Å². The average molecular weight is 463 g/mol. The van der Waals surface area contributed by atoms with E-state index >= 15 is 0 Å². The molecule has 1 fully saturated rings. The number of aryl methyl sites for hydroxylation is 1. The number of aliphatic hydroxyl groups is 1. The van der Waals surface area contributed by atoms with Gasteiger partial charge in [-0.25, -0.2) is 13.1 Å². The highest BCUT2D eigenvalue weighted by atomic mass is 32.2. The number of aromatic nitrogens is 2. The molecule has 2 atom stereocenters. The third-order valence-electron chi connectivity index (χ3n) is 7.79. The first-order valence-corrected chi connectivity index (χ1v) is 13.5. The lowest BCUT2D eigenvalue weighted by Gasteiger charge is -2.45. The Balaban J connectivity index is 1.48.